The standard InChI is InChI=1S/C19H22Cl2N2O2/c1-19(2)14(11-15(21)12-3-5-13(20)6-4-12)17(19)18(25)23-9-7-16(24)22-8-10-23/h3-6,11,14,17H,7-10H2,1-2H3,(H,22,24)/b15-11-/t14-,17+/m0/s1. The summed E-state index contributed by atoms with van der Waals surface area (Å²) in [5, 5.41) is 4.10. The van der Waals surface area contributed by atoms with Crippen LogP contribution in [0.1, 0.15) is 25.8 Å². The van der Waals surface area contributed by atoms with Crippen molar-refractivity contribution in [2.45, 2.75) is 20.3 Å². The molecule has 2 fully saturated rings. The fourth-order valence-corrected chi connectivity index (χ4v) is 3.90. The smallest absolute Gasteiger partial charge is 0.226 e. The van der Waals surface area contributed by atoms with Gasteiger partial charge in [-0.05, 0) is 29.0 Å². The van der Waals surface area contributed by atoms with Gasteiger partial charge in [0.2, 0.25) is 11.8 Å². The fourth-order valence-electron chi connectivity index (χ4n) is 3.51. The molecule has 1 saturated heterocycles. The largest absolute Gasteiger partial charge is 0.354 e. The van der Waals surface area contributed by atoms with E-state index in [9.17, 15) is 9.59 Å². The van der Waals surface area contributed by atoms with E-state index >= 15 is 0 Å². The molecule has 0 spiro atoms. The summed E-state index contributed by atoms with van der Waals surface area (Å²) in [6.45, 7) is 5.74. The highest BCUT2D eigenvalue weighted by Crippen LogP contribution is 2.60. The third-order valence-electron chi connectivity index (χ3n) is 5.25. The summed E-state index contributed by atoms with van der Waals surface area (Å²) in [5.41, 5.74) is 0.762. The number of benzene rings is 1. The number of halogens is 2. The molecule has 4 nitrogen and oxygen atoms in total. The van der Waals surface area contributed by atoms with Crippen LogP contribution in [-0.2, 0) is 9.59 Å². The first-order valence-corrected chi connectivity index (χ1v) is 9.25. The van der Waals surface area contributed by atoms with Gasteiger partial charge in [-0.2, -0.15) is 0 Å². The summed E-state index contributed by atoms with van der Waals surface area (Å²) >= 11 is 12.4. The molecule has 0 radical (unpaired) electrons. The Bertz CT molecular complexity index is 713. The molecule has 1 aromatic carbocycles. The van der Waals surface area contributed by atoms with Crippen molar-refractivity contribution in [1.29, 1.82) is 0 Å². The average Bonchev–Trinajstić information content (AvgIpc) is 3.18. The van der Waals surface area contributed by atoms with Gasteiger partial charge in [-0.1, -0.05) is 55.3 Å². The lowest BCUT2D eigenvalue weighted by Crippen LogP contribution is -2.36. The molecule has 2 amide bonds. The molecule has 1 N–H and O–H groups in total. The van der Waals surface area contributed by atoms with E-state index in [0.29, 0.717) is 36.1 Å². The Balaban J connectivity index is 1.72. The molecule has 1 aliphatic carbocycles. The van der Waals surface area contributed by atoms with E-state index in [1.165, 1.54) is 0 Å². The maximum absolute atomic E-state index is 12.9. The molecule has 3 rings (SSSR count). The highest BCUT2D eigenvalue weighted by molar-refractivity contribution is 6.48. The number of carbonyl (C=O) groups is 2. The van der Waals surface area contributed by atoms with E-state index in [1.54, 1.807) is 17.0 Å². The zero-order valence-electron chi connectivity index (χ0n) is 14.4. The summed E-state index contributed by atoms with van der Waals surface area (Å²) in [4.78, 5) is 26.2. The molecule has 0 unspecified atom stereocenters. The summed E-state index contributed by atoms with van der Waals surface area (Å²) in [6, 6.07) is 7.35. The van der Waals surface area contributed by atoms with Gasteiger partial charge >= 0.3 is 0 Å². The maximum atomic E-state index is 12.9. The molecule has 1 saturated carbocycles. The second-order valence-corrected chi connectivity index (χ2v) is 8.12. The number of allylic oxidation sites excluding steroid dienone is 1. The van der Waals surface area contributed by atoms with Gasteiger partial charge in [-0.15, -0.1) is 0 Å². The van der Waals surface area contributed by atoms with Gasteiger partial charge in [-0.25, -0.2) is 0 Å². The molecule has 134 valence electrons. The van der Waals surface area contributed by atoms with Crippen molar-refractivity contribution in [1.82, 2.24) is 10.2 Å². The predicted octanol–water partition coefficient (Wildman–Crippen LogP) is 3.54. The molecule has 2 atom stereocenters. The number of hydrogen-bond donors (Lipinski definition) is 1. The van der Waals surface area contributed by atoms with Crippen LogP contribution in [-0.4, -0.2) is 36.3 Å². The molecule has 1 aromatic rings. The highest BCUT2D eigenvalue weighted by atomic mass is 35.5. The van der Waals surface area contributed by atoms with E-state index in [4.69, 9.17) is 23.2 Å². The first-order valence-electron chi connectivity index (χ1n) is 8.49. The van der Waals surface area contributed by atoms with Crippen LogP contribution in [0.2, 0.25) is 5.02 Å². The van der Waals surface area contributed by atoms with E-state index in [2.05, 4.69) is 19.2 Å². The number of hydrogen-bond acceptors (Lipinski definition) is 2. The van der Waals surface area contributed by atoms with Gasteiger partial charge in [0.25, 0.3) is 0 Å². The second kappa shape index (κ2) is 7.00. The third-order valence-corrected chi connectivity index (χ3v) is 5.84. The molecule has 0 aromatic heterocycles. The Morgan fingerprint density at radius 1 is 1.28 bits per heavy atom. The normalized spacial score (nSPS) is 26.0. The van der Waals surface area contributed by atoms with E-state index in [-0.39, 0.29) is 29.1 Å². The van der Waals surface area contributed by atoms with Crippen LogP contribution < -0.4 is 5.32 Å². The summed E-state index contributed by atoms with van der Waals surface area (Å²) in [6.07, 6.45) is 2.35. The Hall–Kier alpha value is -1.52. The number of rotatable bonds is 3. The van der Waals surface area contributed by atoms with Gasteiger partial charge in [-0.3, -0.25) is 9.59 Å². The number of nitrogens with one attached hydrogen (secondary N) is 1. The number of carbonyl (C=O) groups excluding carboxylic acids is 2. The molecular weight excluding hydrogens is 359 g/mol. The van der Waals surface area contributed by atoms with Gasteiger partial charge in [0, 0.05) is 36.1 Å². The lowest BCUT2D eigenvalue weighted by molar-refractivity contribution is -0.133. The Morgan fingerprint density at radius 3 is 2.64 bits per heavy atom. The lowest BCUT2D eigenvalue weighted by atomic mass is 10.1. The molecule has 0 bridgehead atoms. The molecule has 1 aliphatic heterocycles. The molecule has 2 aliphatic rings. The van der Waals surface area contributed by atoms with Crippen molar-refractivity contribution in [3.05, 3.63) is 40.9 Å². The summed E-state index contributed by atoms with van der Waals surface area (Å²) < 4.78 is 0. The minimum atomic E-state index is -0.132. The average molecular weight is 381 g/mol. The first kappa shape index (κ1) is 18.3. The zero-order valence-corrected chi connectivity index (χ0v) is 15.9. The summed E-state index contributed by atoms with van der Waals surface area (Å²) in [5.74, 6) is 0.118. The van der Waals surface area contributed by atoms with Crippen molar-refractivity contribution in [3.63, 3.8) is 0 Å². The van der Waals surface area contributed by atoms with Crippen LogP contribution in [0.3, 0.4) is 0 Å². The van der Waals surface area contributed by atoms with Crippen molar-refractivity contribution in [3.8, 4) is 0 Å². The van der Waals surface area contributed by atoms with Gasteiger partial charge < -0.3 is 10.2 Å². The molecule has 25 heavy (non-hydrogen) atoms. The Labute approximate surface area is 158 Å². The van der Waals surface area contributed by atoms with Gasteiger partial charge in [0.1, 0.15) is 0 Å². The van der Waals surface area contributed by atoms with Crippen LogP contribution in [0, 0.1) is 17.3 Å². The monoisotopic (exact) mass is 380 g/mol. The van der Waals surface area contributed by atoms with Crippen LogP contribution in [0.25, 0.3) is 5.03 Å². The third kappa shape index (κ3) is 3.85. The van der Waals surface area contributed by atoms with Crippen molar-refractivity contribution in [2.75, 3.05) is 19.6 Å². The fraction of sp³-hybridized carbons (Fsp3) is 0.474. The molecule has 1 heterocycles. The maximum Gasteiger partial charge on any atom is 0.226 e. The van der Waals surface area contributed by atoms with Crippen LogP contribution in [0.15, 0.2) is 30.3 Å². The van der Waals surface area contributed by atoms with Crippen molar-refractivity contribution < 1.29 is 9.59 Å². The number of nitrogens with zero attached hydrogens (tertiary/aromatic N) is 1. The van der Waals surface area contributed by atoms with Crippen molar-refractivity contribution in [2.24, 2.45) is 17.3 Å². The second-order valence-electron chi connectivity index (χ2n) is 7.27. The Kier molecular flexibility index (Phi) is 5.12. The quantitative estimate of drug-likeness (QED) is 0.871. The zero-order chi connectivity index (χ0) is 18.2. The first-order chi connectivity index (χ1) is 11.8. The predicted molar refractivity (Wildman–Crippen MR) is 100 cm³/mol. The van der Waals surface area contributed by atoms with E-state index in [1.807, 2.05) is 18.2 Å². The topological polar surface area (TPSA) is 49.4 Å². The SMILES string of the molecule is CC1(C)[C@@H](/C=C(\Cl)c2ccc(Cl)cc2)[C@@H]1C(=O)N1CCNC(=O)CC1. The molecule has 6 heteroatoms. The molecular formula is C19H22Cl2N2O2. The number of amides is 2. The van der Waals surface area contributed by atoms with Gasteiger partial charge in [0.05, 0.1) is 5.92 Å². The van der Waals surface area contributed by atoms with E-state index in [0.717, 1.165) is 5.56 Å². The van der Waals surface area contributed by atoms with Gasteiger partial charge in [0.15, 0.2) is 0 Å². The van der Waals surface area contributed by atoms with Crippen molar-refractivity contribution >= 4 is 40.0 Å². The van der Waals surface area contributed by atoms with Crippen LogP contribution in [0.5, 0.6) is 0 Å². The van der Waals surface area contributed by atoms with E-state index < -0.39 is 0 Å². The van der Waals surface area contributed by atoms with Crippen LogP contribution >= 0.6 is 23.2 Å². The minimum absolute atomic E-state index is 0.00702. The Morgan fingerprint density at radius 2 is 1.96 bits per heavy atom. The van der Waals surface area contributed by atoms with Crippen LogP contribution in [0.4, 0.5) is 0 Å². The highest BCUT2D eigenvalue weighted by Gasteiger charge is 2.61. The lowest BCUT2D eigenvalue weighted by Gasteiger charge is -2.20. The summed E-state index contributed by atoms with van der Waals surface area (Å²) in [7, 11) is 0. The minimum Gasteiger partial charge on any atom is -0.354 e.